The smallest absolute Gasteiger partial charge is 0.264 e. The number of piperazine rings is 1. The molecule has 30 heavy (non-hydrogen) atoms. The van der Waals surface area contributed by atoms with Crippen LogP contribution in [0.15, 0.2) is 18.2 Å². The zero-order valence-corrected chi connectivity index (χ0v) is 17.1. The summed E-state index contributed by atoms with van der Waals surface area (Å²) in [7, 11) is 2.13. The topological polar surface area (TPSA) is 102 Å². The van der Waals surface area contributed by atoms with E-state index >= 15 is 0 Å². The summed E-state index contributed by atoms with van der Waals surface area (Å²) in [6.45, 7) is 5.93. The van der Waals surface area contributed by atoms with Crippen molar-refractivity contribution in [1.82, 2.24) is 20.0 Å². The van der Waals surface area contributed by atoms with Crippen LogP contribution in [0.3, 0.4) is 0 Å². The third-order valence-corrected chi connectivity index (χ3v) is 6.03. The van der Waals surface area contributed by atoms with Gasteiger partial charge in [-0.2, -0.15) is 0 Å². The van der Waals surface area contributed by atoms with Crippen molar-refractivity contribution in [3.8, 4) is 0 Å². The van der Waals surface area contributed by atoms with Crippen LogP contribution in [0.4, 0.5) is 5.69 Å². The quantitative estimate of drug-likeness (QED) is 0.505. The Morgan fingerprint density at radius 1 is 1.07 bits per heavy atom. The lowest BCUT2D eigenvalue weighted by Crippen LogP contribution is -2.54. The average molecular weight is 413 g/mol. The van der Waals surface area contributed by atoms with Crippen LogP contribution in [-0.2, 0) is 9.59 Å². The Hall–Kier alpha value is -2.78. The molecule has 2 N–H and O–H groups in total. The van der Waals surface area contributed by atoms with Crippen molar-refractivity contribution in [1.29, 1.82) is 0 Å². The Labute approximate surface area is 175 Å². The molecule has 0 saturated carbocycles. The van der Waals surface area contributed by atoms with Crippen LogP contribution in [0, 0.1) is 0 Å². The summed E-state index contributed by atoms with van der Waals surface area (Å²) in [6.07, 6.45) is 1.19. The molecule has 0 radical (unpaired) electrons. The molecule has 9 heteroatoms. The highest BCUT2D eigenvalue weighted by Gasteiger charge is 2.45. The van der Waals surface area contributed by atoms with Gasteiger partial charge in [0.1, 0.15) is 6.04 Å². The number of carbonyl (C=O) groups excluding carboxylic acids is 4. The Bertz CT molecular complexity index is 878. The zero-order valence-electron chi connectivity index (χ0n) is 17.1. The fourth-order valence-electron chi connectivity index (χ4n) is 4.26. The van der Waals surface area contributed by atoms with E-state index < -0.39 is 23.8 Å². The number of amides is 4. The molecule has 1 atom stereocenters. The lowest BCUT2D eigenvalue weighted by molar-refractivity contribution is -0.136. The van der Waals surface area contributed by atoms with Gasteiger partial charge < -0.3 is 15.1 Å². The minimum Gasteiger partial charge on any atom is -0.384 e. The normalized spacial score (nSPS) is 23.0. The van der Waals surface area contributed by atoms with Crippen molar-refractivity contribution in [2.24, 2.45) is 0 Å². The Kier molecular flexibility index (Phi) is 5.83. The molecule has 3 aliphatic rings. The molecule has 0 aliphatic carbocycles. The first-order valence-electron chi connectivity index (χ1n) is 10.4. The highest BCUT2D eigenvalue weighted by atomic mass is 16.2. The highest BCUT2D eigenvalue weighted by Crippen LogP contribution is 2.32. The average Bonchev–Trinajstić information content (AvgIpc) is 2.98. The number of nitrogens with one attached hydrogen (secondary N) is 2. The molecule has 9 nitrogen and oxygen atoms in total. The number of benzene rings is 1. The van der Waals surface area contributed by atoms with Gasteiger partial charge >= 0.3 is 0 Å². The van der Waals surface area contributed by atoms with E-state index in [9.17, 15) is 19.2 Å². The molecular weight excluding hydrogens is 386 g/mol. The standard InChI is InChI=1S/C21H27N5O4/c1-24-10-12-25(13-11-24)9-3-8-22-15-5-2-4-14-18(15)21(30)26(20(14)29)16-6-7-17(27)23-19(16)28/h2,4-5,16,22H,3,6-13H2,1H3,(H,23,27,28). The molecule has 3 aliphatic heterocycles. The number of hydrogen-bond acceptors (Lipinski definition) is 7. The molecule has 1 unspecified atom stereocenters. The predicted octanol–water partition coefficient (Wildman–Crippen LogP) is 0.137. The van der Waals surface area contributed by atoms with Crippen molar-refractivity contribution in [2.45, 2.75) is 25.3 Å². The van der Waals surface area contributed by atoms with Gasteiger partial charge in [0.05, 0.1) is 11.1 Å². The maximum Gasteiger partial charge on any atom is 0.264 e. The van der Waals surface area contributed by atoms with Gasteiger partial charge in [0.25, 0.3) is 11.8 Å². The van der Waals surface area contributed by atoms with E-state index in [-0.39, 0.29) is 18.7 Å². The molecule has 0 bridgehead atoms. The number of hydrogen-bond donors (Lipinski definition) is 2. The van der Waals surface area contributed by atoms with Gasteiger partial charge in [-0.3, -0.25) is 29.4 Å². The fraction of sp³-hybridized carbons (Fsp3) is 0.524. The number of nitrogens with zero attached hydrogens (tertiary/aromatic N) is 3. The summed E-state index contributed by atoms with van der Waals surface area (Å²) in [5, 5.41) is 5.51. The highest BCUT2D eigenvalue weighted by molar-refractivity contribution is 6.25. The second-order valence-corrected chi connectivity index (χ2v) is 8.10. The first-order chi connectivity index (χ1) is 14.5. The second kappa shape index (κ2) is 8.53. The van der Waals surface area contributed by atoms with Gasteiger partial charge in [-0.1, -0.05) is 6.07 Å². The SMILES string of the molecule is CN1CCN(CCCNc2cccc3c2C(=O)N(C2CCC(=O)NC2=O)C3=O)CC1. The third kappa shape index (κ3) is 3.95. The Morgan fingerprint density at radius 3 is 2.57 bits per heavy atom. The van der Waals surface area contributed by atoms with Crippen LogP contribution in [0.2, 0.25) is 0 Å². The van der Waals surface area contributed by atoms with E-state index in [0.29, 0.717) is 23.4 Å². The molecule has 1 aromatic carbocycles. The number of rotatable bonds is 6. The van der Waals surface area contributed by atoms with Crippen LogP contribution in [-0.4, -0.2) is 90.7 Å². The van der Waals surface area contributed by atoms with Crippen LogP contribution < -0.4 is 10.6 Å². The van der Waals surface area contributed by atoms with E-state index in [2.05, 4.69) is 27.5 Å². The Morgan fingerprint density at radius 2 is 1.83 bits per heavy atom. The van der Waals surface area contributed by atoms with E-state index in [1.807, 2.05) is 0 Å². The molecule has 160 valence electrons. The van der Waals surface area contributed by atoms with Crippen molar-refractivity contribution < 1.29 is 19.2 Å². The maximum absolute atomic E-state index is 13.1. The van der Waals surface area contributed by atoms with Gasteiger partial charge in [0.2, 0.25) is 11.8 Å². The van der Waals surface area contributed by atoms with Gasteiger partial charge in [-0.15, -0.1) is 0 Å². The summed E-state index contributed by atoms with van der Waals surface area (Å²) in [6, 6.07) is 4.19. The fourth-order valence-corrected chi connectivity index (χ4v) is 4.26. The van der Waals surface area contributed by atoms with Crippen LogP contribution in [0.25, 0.3) is 0 Å². The molecule has 0 aromatic heterocycles. The monoisotopic (exact) mass is 413 g/mol. The molecule has 4 rings (SSSR count). The number of anilines is 1. The van der Waals surface area contributed by atoms with E-state index in [0.717, 1.165) is 44.0 Å². The van der Waals surface area contributed by atoms with E-state index in [1.54, 1.807) is 18.2 Å². The van der Waals surface area contributed by atoms with Gasteiger partial charge in [-0.05, 0) is 38.6 Å². The minimum atomic E-state index is -0.944. The number of piperidine rings is 1. The minimum absolute atomic E-state index is 0.112. The molecule has 0 spiro atoms. The van der Waals surface area contributed by atoms with E-state index in [1.165, 1.54) is 0 Å². The Balaban J connectivity index is 1.40. The number of carbonyl (C=O) groups is 4. The van der Waals surface area contributed by atoms with Crippen molar-refractivity contribution in [2.75, 3.05) is 51.6 Å². The van der Waals surface area contributed by atoms with Gasteiger partial charge in [0.15, 0.2) is 0 Å². The maximum atomic E-state index is 13.1. The zero-order chi connectivity index (χ0) is 21.3. The number of imide groups is 2. The molecule has 3 heterocycles. The first kappa shape index (κ1) is 20.5. The summed E-state index contributed by atoms with van der Waals surface area (Å²) in [5.74, 6) is -1.93. The van der Waals surface area contributed by atoms with Gasteiger partial charge in [0, 0.05) is 44.8 Å². The number of fused-ring (bicyclic) bond motifs is 1. The summed E-state index contributed by atoms with van der Waals surface area (Å²) < 4.78 is 0. The summed E-state index contributed by atoms with van der Waals surface area (Å²) >= 11 is 0. The van der Waals surface area contributed by atoms with Crippen molar-refractivity contribution in [3.63, 3.8) is 0 Å². The van der Waals surface area contributed by atoms with Crippen LogP contribution in [0.1, 0.15) is 40.0 Å². The molecule has 1 aromatic rings. The molecule has 2 fully saturated rings. The predicted molar refractivity (Wildman–Crippen MR) is 110 cm³/mol. The van der Waals surface area contributed by atoms with Crippen molar-refractivity contribution >= 4 is 29.3 Å². The first-order valence-corrected chi connectivity index (χ1v) is 10.4. The van der Waals surface area contributed by atoms with E-state index in [4.69, 9.17) is 0 Å². The molecule has 2 saturated heterocycles. The van der Waals surface area contributed by atoms with Gasteiger partial charge in [-0.25, -0.2) is 0 Å². The largest absolute Gasteiger partial charge is 0.384 e. The number of likely N-dealkylation sites (N-methyl/N-ethyl adjacent to an activating group) is 1. The lowest BCUT2D eigenvalue weighted by Gasteiger charge is -2.32. The second-order valence-electron chi connectivity index (χ2n) is 8.10. The third-order valence-electron chi connectivity index (χ3n) is 6.03. The van der Waals surface area contributed by atoms with Crippen molar-refractivity contribution in [3.05, 3.63) is 29.3 Å². The molecular formula is C21H27N5O4. The summed E-state index contributed by atoms with van der Waals surface area (Å²) in [4.78, 5) is 55.3. The lowest BCUT2D eigenvalue weighted by atomic mass is 10.0. The summed E-state index contributed by atoms with van der Waals surface area (Å²) in [5.41, 5.74) is 1.22. The van der Waals surface area contributed by atoms with Crippen LogP contribution in [0.5, 0.6) is 0 Å². The van der Waals surface area contributed by atoms with Crippen LogP contribution >= 0.6 is 0 Å². The molecule has 4 amide bonds.